The molecule has 0 atom stereocenters. The Hall–Kier alpha value is -4.33. The van der Waals surface area contributed by atoms with Crippen LogP contribution in [0.15, 0.2) is 77.2 Å². The van der Waals surface area contributed by atoms with Crippen LogP contribution in [0.2, 0.25) is 0 Å². The Balaban J connectivity index is 1.39. The zero-order chi connectivity index (χ0) is 25.1. The van der Waals surface area contributed by atoms with Gasteiger partial charge in [-0.2, -0.15) is 0 Å². The van der Waals surface area contributed by atoms with Gasteiger partial charge in [0.15, 0.2) is 0 Å². The Bertz CT molecular complexity index is 1390. The second-order valence-electron chi connectivity index (χ2n) is 8.44. The van der Waals surface area contributed by atoms with Crippen LogP contribution in [0.3, 0.4) is 0 Å². The largest absolute Gasteiger partial charge is 0.493 e. The highest BCUT2D eigenvalue weighted by atomic mass is 19.1. The standard InChI is InChI=1S/C28H26FN3O4/c1-2-35-23-9-5-4-8-22(23)27(33)30-25-21-7-3-6-10-24(21)36-26(25)28(34)32-17-15-31(16-18-32)20-13-11-19(29)12-14-20/h3-14H,2,15-18H2,1H3,(H,30,33). The van der Waals surface area contributed by atoms with Crippen LogP contribution in [0.1, 0.15) is 27.8 Å². The van der Waals surface area contributed by atoms with E-state index in [1.807, 2.05) is 25.1 Å². The van der Waals surface area contributed by atoms with E-state index in [1.165, 1.54) is 12.1 Å². The third-order valence-electron chi connectivity index (χ3n) is 6.22. The average Bonchev–Trinajstić information content (AvgIpc) is 3.27. The van der Waals surface area contributed by atoms with E-state index in [0.717, 1.165) is 5.69 Å². The molecule has 7 nitrogen and oxygen atoms in total. The molecule has 3 aromatic carbocycles. The first kappa shape index (κ1) is 23.4. The molecule has 0 saturated carbocycles. The zero-order valence-corrected chi connectivity index (χ0v) is 19.9. The van der Waals surface area contributed by atoms with E-state index >= 15 is 0 Å². The van der Waals surface area contributed by atoms with Gasteiger partial charge in [0.2, 0.25) is 5.76 Å². The van der Waals surface area contributed by atoms with Gasteiger partial charge < -0.3 is 24.3 Å². The number of benzene rings is 3. The molecular weight excluding hydrogens is 461 g/mol. The van der Waals surface area contributed by atoms with Crippen molar-refractivity contribution in [3.63, 3.8) is 0 Å². The first-order chi connectivity index (χ1) is 17.5. The smallest absolute Gasteiger partial charge is 0.291 e. The van der Waals surface area contributed by atoms with E-state index in [1.54, 1.807) is 47.4 Å². The van der Waals surface area contributed by atoms with Crippen LogP contribution in [0.25, 0.3) is 11.0 Å². The Labute approximate surface area is 208 Å². The molecule has 0 bridgehead atoms. The number of nitrogens with zero attached hydrogens (tertiary/aromatic N) is 2. The minimum absolute atomic E-state index is 0.0914. The van der Waals surface area contributed by atoms with Gasteiger partial charge in [0, 0.05) is 37.3 Å². The third-order valence-corrected chi connectivity index (χ3v) is 6.22. The van der Waals surface area contributed by atoms with Gasteiger partial charge in [0.05, 0.1) is 12.2 Å². The average molecular weight is 488 g/mol. The lowest BCUT2D eigenvalue weighted by atomic mass is 10.1. The number of nitrogens with one attached hydrogen (secondary N) is 1. The van der Waals surface area contributed by atoms with E-state index < -0.39 is 0 Å². The number of anilines is 2. The number of carbonyl (C=O) groups excluding carboxylic acids is 2. The Morgan fingerprint density at radius 3 is 2.39 bits per heavy atom. The van der Waals surface area contributed by atoms with E-state index in [-0.39, 0.29) is 23.4 Å². The number of halogens is 1. The Kier molecular flexibility index (Phi) is 6.58. The summed E-state index contributed by atoms with van der Waals surface area (Å²) in [6, 6.07) is 20.5. The molecule has 2 amide bonds. The summed E-state index contributed by atoms with van der Waals surface area (Å²) in [4.78, 5) is 30.6. The van der Waals surface area contributed by atoms with Crippen molar-refractivity contribution in [2.45, 2.75) is 6.92 Å². The highest BCUT2D eigenvalue weighted by molar-refractivity contribution is 6.15. The summed E-state index contributed by atoms with van der Waals surface area (Å²) < 4.78 is 24.8. The van der Waals surface area contributed by atoms with Crippen molar-refractivity contribution in [3.05, 3.63) is 89.9 Å². The van der Waals surface area contributed by atoms with Crippen LogP contribution in [-0.2, 0) is 0 Å². The normalized spacial score (nSPS) is 13.6. The minimum atomic E-state index is -0.388. The van der Waals surface area contributed by atoms with Crippen molar-refractivity contribution in [2.75, 3.05) is 43.0 Å². The van der Waals surface area contributed by atoms with Gasteiger partial charge in [-0.25, -0.2) is 4.39 Å². The molecule has 4 aromatic rings. The molecule has 184 valence electrons. The predicted molar refractivity (Wildman–Crippen MR) is 136 cm³/mol. The van der Waals surface area contributed by atoms with Crippen LogP contribution in [0.4, 0.5) is 15.8 Å². The molecule has 1 aliphatic rings. The number of ether oxygens (including phenoxy) is 1. The van der Waals surface area contributed by atoms with Crippen LogP contribution in [0.5, 0.6) is 5.75 Å². The number of piperazine rings is 1. The molecule has 0 spiro atoms. The summed E-state index contributed by atoms with van der Waals surface area (Å²) >= 11 is 0. The highest BCUT2D eigenvalue weighted by Gasteiger charge is 2.29. The van der Waals surface area contributed by atoms with E-state index in [2.05, 4.69) is 10.2 Å². The summed E-state index contributed by atoms with van der Waals surface area (Å²) in [5, 5.41) is 3.55. The summed E-state index contributed by atoms with van der Waals surface area (Å²) in [5.41, 5.74) is 2.14. The van der Waals surface area contributed by atoms with Crippen molar-refractivity contribution >= 4 is 34.2 Å². The number of furan rings is 1. The Morgan fingerprint density at radius 1 is 0.944 bits per heavy atom. The molecule has 5 rings (SSSR count). The van der Waals surface area contributed by atoms with Crippen molar-refractivity contribution in [1.82, 2.24) is 4.90 Å². The first-order valence-corrected chi connectivity index (χ1v) is 11.9. The van der Waals surface area contributed by atoms with Gasteiger partial charge in [-0.3, -0.25) is 9.59 Å². The molecule has 2 heterocycles. The number of amides is 2. The zero-order valence-electron chi connectivity index (χ0n) is 19.9. The maximum atomic E-state index is 13.6. The molecule has 0 aliphatic carbocycles. The molecule has 0 unspecified atom stereocenters. The number of hydrogen-bond acceptors (Lipinski definition) is 5. The highest BCUT2D eigenvalue weighted by Crippen LogP contribution is 2.33. The third kappa shape index (κ3) is 4.62. The lowest BCUT2D eigenvalue weighted by Crippen LogP contribution is -2.48. The molecule has 36 heavy (non-hydrogen) atoms. The topological polar surface area (TPSA) is 75.0 Å². The summed E-state index contributed by atoms with van der Waals surface area (Å²) in [5.74, 6) is -0.404. The number of carbonyl (C=O) groups is 2. The van der Waals surface area contributed by atoms with Gasteiger partial charge in [0.1, 0.15) is 22.8 Å². The van der Waals surface area contributed by atoms with Gasteiger partial charge in [0.25, 0.3) is 11.8 Å². The summed E-state index contributed by atoms with van der Waals surface area (Å²) in [6.07, 6.45) is 0. The maximum Gasteiger partial charge on any atom is 0.291 e. The number of hydrogen-bond donors (Lipinski definition) is 1. The molecule has 1 aromatic heterocycles. The molecule has 0 radical (unpaired) electrons. The van der Waals surface area contributed by atoms with Gasteiger partial charge in [-0.05, 0) is 55.5 Å². The van der Waals surface area contributed by atoms with E-state index in [4.69, 9.17) is 9.15 Å². The first-order valence-electron chi connectivity index (χ1n) is 11.9. The number of rotatable bonds is 6. The van der Waals surface area contributed by atoms with Crippen molar-refractivity contribution < 1.29 is 23.1 Å². The predicted octanol–water partition coefficient (Wildman–Crippen LogP) is 5.19. The fourth-order valence-electron chi connectivity index (χ4n) is 4.40. The second-order valence-corrected chi connectivity index (χ2v) is 8.44. The SMILES string of the molecule is CCOc1ccccc1C(=O)Nc1c(C(=O)N2CCN(c3ccc(F)cc3)CC2)oc2ccccc12. The lowest BCUT2D eigenvalue weighted by Gasteiger charge is -2.35. The van der Waals surface area contributed by atoms with Gasteiger partial charge in [-0.15, -0.1) is 0 Å². The molecule has 1 fully saturated rings. The Morgan fingerprint density at radius 2 is 1.64 bits per heavy atom. The number of para-hydroxylation sites is 2. The van der Waals surface area contributed by atoms with E-state index in [0.29, 0.717) is 60.8 Å². The molecule has 1 N–H and O–H groups in total. The number of fused-ring (bicyclic) bond motifs is 1. The van der Waals surface area contributed by atoms with Gasteiger partial charge >= 0.3 is 0 Å². The summed E-state index contributed by atoms with van der Waals surface area (Å²) in [7, 11) is 0. The molecule has 1 aliphatic heterocycles. The molecular formula is C28H26FN3O4. The van der Waals surface area contributed by atoms with Crippen LogP contribution >= 0.6 is 0 Å². The second kappa shape index (κ2) is 10.1. The van der Waals surface area contributed by atoms with Crippen molar-refractivity contribution in [2.24, 2.45) is 0 Å². The van der Waals surface area contributed by atoms with Crippen molar-refractivity contribution in [3.8, 4) is 5.75 Å². The maximum absolute atomic E-state index is 13.6. The van der Waals surface area contributed by atoms with E-state index in [9.17, 15) is 14.0 Å². The van der Waals surface area contributed by atoms with Crippen molar-refractivity contribution in [1.29, 1.82) is 0 Å². The lowest BCUT2D eigenvalue weighted by molar-refractivity contribution is 0.0718. The van der Waals surface area contributed by atoms with Crippen LogP contribution in [-0.4, -0.2) is 49.5 Å². The molecule has 1 saturated heterocycles. The fourth-order valence-corrected chi connectivity index (χ4v) is 4.40. The summed E-state index contributed by atoms with van der Waals surface area (Å²) in [6.45, 7) is 4.40. The minimum Gasteiger partial charge on any atom is -0.493 e. The van der Waals surface area contributed by atoms with Gasteiger partial charge in [-0.1, -0.05) is 24.3 Å². The monoisotopic (exact) mass is 487 g/mol. The van der Waals surface area contributed by atoms with Crippen LogP contribution < -0.4 is 15.0 Å². The quantitative estimate of drug-likeness (QED) is 0.405. The van der Waals surface area contributed by atoms with Crippen LogP contribution in [0, 0.1) is 5.82 Å². The molecule has 8 heteroatoms. The fraction of sp³-hybridized carbons (Fsp3) is 0.214.